The van der Waals surface area contributed by atoms with Gasteiger partial charge in [-0.15, -0.1) is 0 Å². The number of carbonyl (C=O) groups is 1. The standard InChI is InChI=1S/C15H13ClF3N3O4/c1-7-8(3-6-11(23)26-2)14(25)22(13(7)24)21-10-5-4-9(12(16)20-10)15(17,18)19/h3-6,24-25H,1-2H3,(H,20,21). The van der Waals surface area contributed by atoms with Crippen LogP contribution in [-0.2, 0) is 15.7 Å². The highest BCUT2D eigenvalue weighted by Gasteiger charge is 2.34. The fraction of sp³-hybridized carbons (Fsp3) is 0.200. The molecule has 0 aliphatic carbocycles. The number of halogens is 4. The molecule has 0 atom stereocenters. The van der Waals surface area contributed by atoms with Gasteiger partial charge in [-0.3, -0.25) is 5.43 Å². The van der Waals surface area contributed by atoms with Crippen molar-refractivity contribution in [2.45, 2.75) is 13.1 Å². The monoisotopic (exact) mass is 391 g/mol. The number of anilines is 1. The average molecular weight is 392 g/mol. The molecular formula is C15H13ClF3N3O4. The molecule has 0 aliphatic rings. The van der Waals surface area contributed by atoms with Crippen molar-refractivity contribution >= 4 is 29.5 Å². The smallest absolute Gasteiger partial charge is 0.419 e. The summed E-state index contributed by atoms with van der Waals surface area (Å²) in [5.74, 6) is -1.78. The van der Waals surface area contributed by atoms with Gasteiger partial charge in [-0.2, -0.15) is 17.8 Å². The first kappa shape index (κ1) is 19.4. The van der Waals surface area contributed by atoms with Gasteiger partial charge < -0.3 is 14.9 Å². The molecule has 7 nitrogen and oxygen atoms in total. The maximum atomic E-state index is 12.7. The highest BCUT2D eigenvalue weighted by atomic mass is 35.5. The van der Waals surface area contributed by atoms with Crippen molar-refractivity contribution in [2.75, 3.05) is 12.5 Å². The molecule has 0 unspecified atom stereocenters. The first-order valence-corrected chi connectivity index (χ1v) is 7.34. The van der Waals surface area contributed by atoms with Crippen LogP contribution in [0.2, 0.25) is 5.15 Å². The van der Waals surface area contributed by atoms with Crippen LogP contribution >= 0.6 is 11.6 Å². The van der Waals surface area contributed by atoms with Gasteiger partial charge in [0.15, 0.2) is 0 Å². The lowest BCUT2D eigenvalue weighted by Gasteiger charge is -2.12. The zero-order valence-corrected chi connectivity index (χ0v) is 14.2. The van der Waals surface area contributed by atoms with E-state index in [0.717, 1.165) is 16.8 Å². The van der Waals surface area contributed by atoms with Crippen LogP contribution in [0.15, 0.2) is 18.2 Å². The molecule has 0 saturated carbocycles. The van der Waals surface area contributed by atoms with Gasteiger partial charge in [-0.05, 0) is 25.1 Å². The van der Waals surface area contributed by atoms with Crippen molar-refractivity contribution < 1.29 is 32.9 Å². The minimum Gasteiger partial charge on any atom is -0.493 e. The minimum atomic E-state index is -4.66. The third-order valence-electron chi connectivity index (χ3n) is 3.37. The second-order valence-corrected chi connectivity index (χ2v) is 5.38. The summed E-state index contributed by atoms with van der Waals surface area (Å²) in [6, 6.07) is 1.69. The molecule has 0 amide bonds. The van der Waals surface area contributed by atoms with Crippen LogP contribution in [-0.4, -0.2) is 33.0 Å². The topological polar surface area (TPSA) is 96.6 Å². The number of ether oxygens (including phenoxy) is 1. The second-order valence-electron chi connectivity index (χ2n) is 5.02. The summed E-state index contributed by atoms with van der Waals surface area (Å²) in [6.45, 7) is 1.46. The number of esters is 1. The van der Waals surface area contributed by atoms with Crippen molar-refractivity contribution in [3.05, 3.63) is 40.1 Å². The third-order valence-corrected chi connectivity index (χ3v) is 3.66. The zero-order chi connectivity index (χ0) is 19.6. The maximum absolute atomic E-state index is 12.7. The summed E-state index contributed by atoms with van der Waals surface area (Å²) in [6.07, 6.45) is -2.43. The number of nitrogens with zero attached hydrogens (tertiary/aromatic N) is 2. The molecular weight excluding hydrogens is 379 g/mol. The van der Waals surface area contributed by atoms with Crippen LogP contribution in [0, 0.1) is 6.92 Å². The molecule has 26 heavy (non-hydrogen) atoms. The summed E-state index contributed by atoms with van der Waals surface area (Å²) in [7, 11) is 1.17. The number of nitrogens with one attached hydrogen (secondary N) is 1. The lowest BCUT2D eigenvalue weighted by Crippen LogP contribution is -2.12. The highest BCUT2D eigenvalue weighted by molar-refractivity contribution is 6.30. The molecule has 2 rings (SSSR count). The molecule has 2 aromatic rings. The Morgan fingerprint density at radius 3 is 2.54 bits per heavy atom. The molecule has 0 aromatic carbocycles. The van der Waals surface area contributed by atoms with E-state index in [9.17, 15) is 28.2 Å². The largest absolute Gasteiger partial charge is 0.493 e. The number of aromatic nitrogens is 2. The van der Waals surface area contributed by atoms with E-state index in [1.807, 2.05) is 0 Å². The molecule has 0 radical (unpaired) electrons. The van der Waals surface area contributed by atoms with Crippen LogP contribution in [0.5, 0.6) is 11.8 Å². The van der Waals surface area contributed by atoms with Crippen LogP contribution in [0.3, 0.4) is 0 Å². The van der Waals surface area contributed by atoms with E-state index in [4.69, 9.17) is 11.6 Å². The number of rotatable bonds is 4. The van der Waals surface area contributed by atoms with Gasteiger partial charge in [0.2, 0.25) is 11.8 Å². The third kappa shape index (κ3) is 3.85. The van der Waals surface area contributed by atoms with Crippen LogP contribution in [0.25, 0.3) is 6.08 Å². The Balaban J connectivity index is 2.38. The predicted octanol–water partition coefficient (Wildman–Crippen LogP) is 3.34. The Labute approximate surface area is 150 Å². The van der Waals surface area contributed by atoms with Gasteiger partial charge in [0.05, 0.1) is 12.7 Å². The Kier molecular flexibility index (Phi) is 5.36. The highest BCUT2D eigenvalue weighted by Crippen LogP contribution is 2.36. The maximum Gasteiger partial charge on any atom is 0.419 e. The number of hydrogen-bond donors (Lipinski definition) is 3. The Bertz CT molecular complexity index is 878. The number of aromatic hydroxyl groups is 2. The summed E-state index contributed by atoms with van der Waals surface area (Å²) < 4.78 is 43.3. The van der Waals surface area contributed by atoms with E-state index < -0.39 is 34.6 Å². The molecule has 0 fully saturated rings. The van der Waals surface area contributed by atoms with Crippen molar-refractivity contribution in [3.8, 4) is 11.8 Å². The van der Waals surface area contributed by atoms with E-state index in [-0.39, 0.29) is 16.9 Å². The van der Waals surface area contributed by atoms with E-state index in [1.165, 1.54) is 20.1 Å². The van der Waals surface area contributed by atoms with Gasteiger partial charge >= 0.3 is 12.1 Å². The van der Waals surface area contributed by atoms with Gasteiger partial charge in [0.1, 0.15) is 11.0 Å². The lowest BCUT2D eigenvalue weighted by atomic mass is 10.2. The van der Waals surface area contributed by atoms with Crippen LogP contribution < -0.4 is 5.43 Å². The fourth-order valence-electron chi connectivity index (χ4n) is 2.02. The summed E-state index contributed by atoms with van der Waals surface area (Å²) in [5.41, 5.74) is 1.60. The molecule has 0 spiro atoms. The SMILES string of the molecule is COC(=O)C=Cc1c(C)c(O)n(Nc2ccc(C(F)(F)F)c(Cl)n2)c1O. The lowest BCUT2D eigenvalue weighted by molar-refractivity contribution is -0.137. The van der Waals surface area contributed by atoms with Gasteiger partial charge in [-0.1, -0.05) is 11.6 Å². The summed E-state index contributed by atoms with van der Waals surface area (Å²) in [5, 5.41) is 19.5. The summed E-state index contributed by atoms with van der Waals surface area (Å²) in [4.78, 5) is 14.7. The molecule has 0 bridgehead atoms. The molecule has 0 aliphatic heterocycles. The normalized spacial score (nSPS) is 11.8. The molecule has 11 heteroatoms. The minimum absolute atomic E-state index is 0.0957. The van der Waals surface area contributed by atoms with Gasteiger partial charge in [0.25, 0.3) is 0 Å². The van der Waals surface area contributed by atoms with E-state index in [2.05, 4.69) is 15.1 Å². The average Bonchev–Trinajstić information content (AvgIpc) is 2.75. The molecule has 2 aromatic heterocycles. The number of methoxy groups -OCH3 is 1. The second kappa shape index (κ2) is 7.16. The molecule has 2 heterocycles. The fourth-order valence-corrected chi connectivity index (χ4v) is 2.29. The predicted molar refractivity (Wildman–Crippen MR) is 86.8 cm³/mol. The van der Waals surface area contributed by atoms with E-state index in [1.54, 1.807) is 0 Å². The molecule has 0 saturated heterocycles. The molecule has 140 valence electrons. The van der Waals surface area contributed by atoms with Crippen molar-refractivity contribution in [1.82, 2.24) is 9.66 Å². The van der Waals surface area contributed by atoms with Crippen molar-refractivity contribution in [3.63, 3.8) is 0 Å². The Morgan fingerprint density at radius 1 is 1.35 bits per heavy atom. The number of alkyl halides is 3. The number of pyridine rings is 1. The van der Waals surface area contributed by atoms with Crippen molar-refractivity contribution in [2.24, 2.45) is 0 Å². The quantitative estimate of drug-likeness (QED) is 0.420. The Morgan fingerprint density at radius 2 is 2.00 bits per heavy atom. The van der Waals surface area contributed by atoms with Crippen molar-refractivity contribution in [1.29, 1.82) is 0 Å². The van der Waals surface area contributed by atoms with Crippen LogP contribution in [0.1, 0.15) is 16.7 Å². The molecule has 3 N–H and O–H groups in total. The first-order chi connectivity index (χ1) is 12.1. The van der Waals surface area contributed by atoms with Crippen LogP contribution in [0.4, 0.5) is 19.0 Å². The Hall–Kier alpha value is -2.88. The first-order valence-electron chi connectivity index (χ1n) is 6.96. The van der Waals surface area contributed by atoms with E-state index in [0.29, 0.717) is 6.07 Å². The summed E-state index contributed by atoms with van der Waals surface area (Å²) >= 11 is 5.53. The van der Waals surface area contributed by atoms with Gasteiger partial charge in [-0.25, -0.2) is 9.78 Å². The van der Waals surface area contributed by atoms with Gasteiger partial charge in [0, 0.05) is 17.2 Å². The zero-order valence-electron chi connectivity index (χ0n) is 13.4. The number of carbonyl (C=O) groups excluding carboxylic acids is 1. The number of hydrogen-bond acceptors (Lipinski definition) is 6. The van der Waals surface area contributed by atoms with E-state index >= 15 is 0 Å².